The molecule has 5 nitrogen and oxygen atoms in total. The third-order valence-electron chi connectivity index (χ3n) is 6.66. The summed E-state index contributed by atoms with van der Waals surface area (Å²) in [5.41, 5.74) is 9.13. The van der Waals surface area contributed by atoms with Crippen LogP contribution in [0, 0.1) is 0 Å². The average molecular weight is 455 g/mol. The lowest BCUT2D eigenvalue weighted by Crippen LogP contribution is -2.24. The fraction of sp³-hybridized carbons (Fsp3) is 0.276. The van der Waals surface area contributed by atoms with Gasteiger partial charge < -0.3 is 20.1 Å². The maximum Gasteiger partial charge on any atom is 0.227 e. The Morgan fingerprint density at radius 1 is 0.941 bits per heavy atom. The predicted molar refractivity (Wildman–Crippen MR) is 135 cm³/mol. The first kappa shape index (κ1) is 22.1. The Morgan fingerprint density at radius 2 is 1.74 bits per heavy atom. The van der Waals surface area contributed by atoms with Crippen LogP contribution in [0.15, 0.2) is 79.4 Å². The first-order chi connectivity index (χ1) is 16.6. The standard InChI is InChI=1S/C29H30N2O3/c1-20(30)21-8-7-9-24(16-21)31-19-23(18-29(31)32)22-14-15-27(33-25-10-3-2-4-11-25)28(17-22)34-26-12-5-6-13-26/h2-4,7-11,14-17,23,26H,1,5-6,12-13,18-19,30H2/t23-/m0/s1. The zero-order valence-electron chi connectivity index (χ0n) is 19.3. The van der Waals surface area contributed by atoms with Gasteiger partial charge in [-0.3, -0.25) is 4.79 Å². The highest BCUT2D eigenvalue weighted by atomic mass is 16.5. The Kier molecular flexibility index (Phi) is 6.26. The van der Waals surface area contributed by atoms with Gasteiger partial charge in [0.05, 0.1) is 6.10 Å². The lowest BCUT2D eigenvalue weighted by atomic mass is 9.97. The minimum Gasteiger partial charge on any atom is -0.487 e. The molecule has 34 heavy (non-hydrogen) atoms. The highest BCUT2D eigenvalue weighted by Gasteiger charge is 2.32. The van der Waals surface area contributed by atoms with Gasteiger partial charge >= 0.3 is 0 Å². The van der Waals surface area contributed by atoms with E-state index in [4.69, 9.17) is 15.2 Å². The van der Waals surface area contributed by atoms with Crippen molar-refractivity contribution in [1.82, 2.24) is 0 Å². The summed E-state index contributed by atoms with van der Waals surface area (Å²) in [6, 6.07) is 23.5. The quantitative estimate of drug-likeness (QED) is 0.458. The summed E-state index contributed by atoms with van der Waals surface area (Å²) in [5, 5.41) is 0. The molecule has 5 heteroatoms. The molecule has 2 N–H and O–H groups in total. The SMILES string of the molecule is C=C(N)c1cccc(N2C[C@@H](c3ccc(Oc4ccccc4)c(OC4CCCC4)c3)CC2=O)c1. The summed E-state index contributed by atoms with van der Waals surface area (Å²) in [6.07, 6.45) is 5.18. The lowest BCUT2D eigenvalue weighted by Gasteiger charge is -2.20. The molecule has 2 fully saturated rings. The molecule has 3 aromatic rings. The van der Waals surface area contributed by atoms with E-state index in [2.05, 4.69) is 18.7 Å². The zero-order valence-corrected chi connectivity index (χ0v) is 19.3. The molecule has 3 aromatic carbocycles. The number of hydrogen-bond acceptors (Lipinski definition) is 4. The second-order valence-corrected chi connectivity index (χ2v) is 9.13. The molecular weight excluding hydrogens is 424 g/mol. The topological polar surface area (TPSA) is 64.8 Å². The molecule has 1 aliphatic heterocycles. The normalized spacial score (nSPS) is 18.3. The molecule has 1 heterocycles. The number of carbonyl (C=O) groups excluding carboxylic acids is 1. The van der Waals surface area contributed by atoms with E-state index in [0.717, 1.165) is 41.2 Å². The fourth-order valence-corrected chi connectivity index (χ4v) is 4.81. The number of ether oxygens (including phenoxy) is 2. The third kappa shape index (κ3) is 4.79. The summed E-state index contributed by atoms with van der Waals surface area (Å²) < 4.78 is 12.6. The molecule has 1 atom stereocenters. The van der Waals surface area contributed by atoms with Crippen molar-refractivity contribution in [2.24, 2.45) is 5.73 Å². The van der Waals surface area contributed by atoms with Gasteiger partial charge in [-0.25, -0.2) is 0 Å². The molecule has 0 aromatic heterocycles. The van der Waals surface area contributed by atoms with Crippen molar-refractivity contribution in [2.75, 3.05) is 11.4 Å². The van der Waals surface area contributed by atoms with Crippen molar-refractivity contribution >= 4 is 17.3 Å². The molecular formula is C29H30N2O3. The van der Waals surface area contributed by atoms with E-state index in [0.29, 0.717) is 24.4 Å². The molecule has 1 saturated carbocycles. The molecule has 2 aliphatic rings. The van der Waals surface area contributed by atoms with E-state index in [9.17, 15) is 4.79 Å². The van der Waals surface area contributed by atoms with Crippen molar-refractivity contribution < 1.29 is 14.3 Å². The average Bonchev–Trinajstić information content (AvgIpc) is 3.50. The zero-order chi connectivity index (χ0) is 23.5. The van der Waals surface area contributed by atoms with Crippen molar-refractivity contribution in [3.8, 4) is 17.2 Å². The number of benzene rings is 3. The third-order valence-corrected chi connectivity index (χ3v) is 6.66. The molecule has 174 valence electrons. The van der Waals surface area contributed by atoms with Gasteiger partial charge in [0.1, 0.15) is 5.75 Å². The summed E-state index contributed by atoms with van der Waals surface area (Å²) in [6.45, 7) is 4.43. The van der Waals surface area contributed by atoms with Gasteiger partial charge in [0.15, 0.2) is 11.5 Å². The summed E-state index contributed by atoms with van der Waals surface area (Å²) in [7, 11) is 0. The number of amides is 1. The Labute approximate surface area is 200 Å². The lowest BCUT2D eigenvalue weighted by molar-refractivity contribution is -0.117. The van der Waals surface area contributed by atoms with Crippen LogP contribution in [-0.4, -0.2) is 18.6 Å². The van der Waals surface area contributed by atoms with Gasteiger partial charge in [0.25, 0.3) is 0 Å². The van der Waals surface area contributed by atoms with Gasteiger partial charge in [-0.1, -0.05) is 43.0 Å². The first-order valence-corrected chi connectivity index (χ1v) is 12.0. The first-order valence-electron chi connectivity index (χ1n) is 12.0. The van der Waals surface area contributed by atoms with E-state index < -0.39 is 0 Å². The Bertz CT molecular complexity index is 1180. The maximum absolute atomic E-state index is 12.9. The molecule has 0 bridgehead atoms. The predicted octanol–water partition coefficient (Wildman–Crippen LogP) is 6.25. The number of nitrogens with two attached hydrogens (primary N) is 1. The molecule has 1 saturated heterocycles. The van der Waals surface area contributed by atoms with Crippen molar-refractivity contribution in [1.29, 1.82) is 0 Å². The minimum atomic E-state index is 0.0777. The van der Waals surface area contributed by atoms with E-state index in [1.807, 2.05) is 65.6 Å². The van der Waals surface area contributed by atoms with Crippen LogP contribution in [0.2, 0.25) is 0 Å². The second-order valence-electron chi connectivity index (χ2n) is 9.13. The highest BCUT2D eigenvalue weighted by molar-refractivity contribution is 5.96. The van der Waals surface area contributed by atoms with Crippen molar-refractivity contribution in [2.45, 2.75) is 44.1 Å². The van der Waals surface area contributed by atoms with Crippen LogP contribution in [0.3, 0.4) is 0 Å². The smallest absolute Gasteiger partial charge is 0.227 e. The van der Waals surface area contributed by atoms with E-state index >= 15 is 0 Å². The summed E-state index contributed by atoms with van der Waals surface area (Å²) in [4.78, 5) is 14.8. The van der Waals surface area contributed by atoms with Gasteiger partial charge in [-0.05, 0) is 73.2 Å². The number of rotatable bonds is 7. The van der Waals surface area contributed by atoms with Gasteiger partial charge in [-0.15, -0.1) is 0 Å². The van der Waals surface area contributed by atoms with Crippen LogP contribution < -0.4 is 20.1 Å². The molecule has 5 rings (SSSR count). The van der Waals surface area contributed by atoms with Crippen molar-refractivity contribution in [3.05, 3.63) is 90.5 Å². The molecule has 0 spiro atoms. The molecule has 0 unspecified atom stereocenters. The van der Waals surface area contributed by atoms with Crippen LogP contribution in [-0.2, 0) is 4.79 Å². The Balaban J connectivity index is 1.40. The van der Waals surface area contributed by atoms with Crippen LogP contribution in [0.25, 0.3) is 5.70 Å². The second kappa shape index (κ2) is 9.64. The van der Waals surface area contributed by atoms with Crippen molar-refractivity contribution in [3.63, 3.8) is 0 Å². The monoisotopic (exact) mass is 454 g/mol. The molecule has 0 radical (unpaired) electrons. The van der Waals surface area contributed by atoms with Gasteiger partial charge in [0.2, 0.25) is 5.91 Å². The van der Waals surface area contributed by atoms with Crippen LogP contribution >= 0.6 is 0 Å². The summed E-state index contributed by atoms with van der Waals surface area (Å²) >= 11 is 0. The van der Waals surface area contributed by atoms with E-state index in [-0.39, 0.29) is 17.9 Å². The maximum atomic E-state index is 12.9. The van der Waals surface area contributed by atoms with Crippen LogP contribution in [0.1, 0.15) is 49.1 Å². The molecule has 1 amide bonds. The van der Waals surface area contributed by atoms with E-state index in [1.165, 1.54) is 12.8 Å². The summed E-state index contributed by atoms with van der Waals surface area (Å²) in [5.74, 6) is 2.41. The number of nitrogens with zero attached hydrogens (tertiary/aromatic N) is 1. The molecule has 1 aliphatic carbocycles. The fourth-order valence-electron chi connectivity index (χ4n) is 4.81. The van der Waals surface area contributed by atoms with Gasteiger partial charge in [0, 0.05) is 30.3 Å². The van der Waals surface area contributed by atoms with Crippen LogP contribution in [0.5, 0.6) is 17.2 Å². The number of carbonyl (C=O) groups is 1. The Hall–Kier alpha value is -3.73. The number of anilines is 1. The highest BCUT2D eigenvalue weighted by Crippen LogP contribution is 2.40. The van der Waals surface area contributed by atoms with Crippen LogP contribution in [0.4, 0.5) is 5.69 Å². The van der Waals surface area contributed by atoms with E-state index in [1.54, 1.807) is 0 Å². The Morgan fingerprint density at radius 3 is 2.50 bits per heavy atom. The van der Waals surface area contributed by atoms with Gasteiger partial charge in [-0.2, -0.15) is 0 Å². The minimum absolute atomic E-state index is 0.0777. The largest absolute Gasteiger partial charge is 0.487 e. The number of hydrogen-bond donors (Lipinski definition) is 1. The number of para-hydroxylation sites is 1.